The Morgan fingerprint density at radius 3 is 1.09 bits per heavy atom. The summed E-state index contributed by atoms with van der Waals surface area (Å²) in [5.74, 6) is -5.69. The Morgan fingerprint density at radius 2 is 0.870 bits per heavy atom. The zero-order valence-electron chi connectivity index (χ0n) is 25.3. The van der Waals surface area contributed by atoms with Gasteiger partial charge < -0.3 is 39.8 Å². The third-order valence-corrected chi connectivity index (χ3v) is 5.94. The van der Waals surface area contributed by atoms with Gasteiger partial charge >= 0.3 is 35.3 Å². The SMILES string of the molecule is Cn1c(=O)c2c(ncn2C)n(C)c1=O.Cn1c(=O)c2c(ncn2C)n(C)c1=O.O=C(O)C[C@H](O)C(=O)O.O=C(O)C[C@H](O)C(=O)O. The zero-order valence-corrected chi connectivity index (χ0v) is 25.3. The maximum Gasteiger partial charge on any atom is 0.333 e. The highest BCUT2D eigenvalue weighted by molar-refractivity contribution is 5.79. The molecule has 0 saturated carbocycles. The van der Waals surface area contributed by atoms with Gasteiger partial charge in [0.05, 0.1) is 25.5 Å². The first-order valence-corrected chi connectivity index (χ1v) is 12.5. The van der Waals surface area contributed by atoms with Gasteiger partial charge in [-0.1, -0.05) is 0 Å². The Morgan fingerprint density at radius 1 is 0.587 bits per heavy atom. The van der Waals surface area contributed by atoms with Gasteiger partial charge in [-0.25, -0.2) is 29.1 Å². The van der Waals surface area contributed by atoms with Crippen LogP contribution < -0.4 is 22.5 Å². The lowest BCUT2D eigenvalue weighted by Gasteiger charge is -2.02. The Bertz CT molecular complexity index is 1870. The first-order valence-electron chi connectivity index (χ1n) is 12.5. The average molecular weight is 657 g/mol. The molecule has 22 nitrogen and oxygen atoms in total. The third kappa shape index (κ3) is 9.06. The Kier molecular flexibility index (Phi) is 13.0. The van der Waals surface area contributed by atoms with Crippen molar-refractivity contribution in [2.75, 3.05) is 0 Å². The van der Waals surface area contributed by atoms with Crippen molar-refractivity contribution in [3.63, 3.8) is 0 Å². The summed E-state index contributed by atoms with van der Waals surface area (Å²) in [5.41, 5.74) is 0.360. The normalized spacial score (nSPS) is 11.7. The van der Waals surface area contributed by atoms with Crippen molar-refractivity contribution in [1.29, 1.82) is 0 Å². The second kappa shape index (κ2) is 15.7. The Hall–Kier alpha value is -5.90. The van der Waals surface area contributed by atoms with E-state index in [1.165, 1.54) is 35.9 Å². The molecule has 4 aromatic rings. The summed E-state index contributed by atoms with van der Waals surface area (Å²) >= 11 is 0. The van der Waals surface area contributed by atoms with Crippen molar-refractivity contribution >= 4 is 46.2 Å². The van der Waals surface area contributed by atoms with E-state index < -0.39 is 48.9 Å². The molecule has 4 aromatic heterocycles. The molecule has 0 aliphatic carbocycles. The lowest BCUT2D eigenvalue weighted by molar-refractivity contribution is -0.153. The van der Waals surface area contributed by atoms with Crippen LogP contribution in [0, 0.1) is 0 Å². The molecule has 22 heteroatoms. The van der Waals surface area contributed by atoms with Crippen LogP contribution in [0.15, 0.2) is 31.8 Å². The standard InChI is InChI=1S/2C8H10N4O2.2C4H6O5/c2*1-10-4-9-6-5(10)7(13)12(3)8(14)11(6)2;2*5-2(4(8)9)1-3(6)7/h2*4H,1-3H3;2*2,5H,1H2,(H,6,7)(H,8,9)/t;;2*2-/m..00/s1. The number of aryl methyl sites for hydroxylation is 4. The van der Waals surface area contributed by atoms with Gasteiger partial charge in [0.25, 0.3) is 11.1 Å². The van der Waals surface area contributed by atoms with E-state index >= 15 is 0 Å². The maximum atomic E-state index is 11.7. The largest absolute Gasteiger partial charge is 0.481 e. The van der Waals surface area contributed by atoms with Crippen LogP contribution in [0.2, 0.25) is 0 Å². The lowest BCUT2D eigenvalue weighted by atomic mass is 10.3. The van der Waals surface area contributed by atoms with E-state index in [0.29, 0.717) is 22.3 Å². The average Bonchev–Trinajstić information content (AvgIpc) is 3.55. The molecule has 0 aliphatic rings. The summed E-state index contributed by atoms with van der Waals surface area (Å²) in [6.45, 7) is 0. The van der Waals surface area contributed by atoms with Crippen LogP contribution in [-0.2, 0) is 61.5 Å². The first-order chi connectivity index (χ1) is 21.1. The molecule has 0 fully saturated rings. The van der Waals surface area contributed by atoms with Gasteiger partial charge in [-0.15, -0.1) is 0 Å². The van der Waals surface area contributed by atoms with Gasteiger partial charge in [-0.05, 0) is 0 Å². The number of aliphatic carboxylic acids is 4. The summed E-state index contributed by atoms with van der Waals surface area (Å²) in [5, 5.41) is 48.3. The summed E-state index contributed by atoms with van der Waals surface area (Å²) in [4.78, 5) is 93.1. The minimum Gasteiger partial charge on any atom is -0.481 e. The van der Waals surface area contributed by atoms with Crippen LogP contribution in [-0.4, -0.2) is 104 Å². The Balaban J connectivity index is 0.000000315. The van der Waals surface area contributed by atoms with Crippen molar-refractivity contribution in [2.24, 2.45) is 42.3 Å². The van der Waals surface area contributed by atoms with E-state index in [9.17, 15) is 38.4 Å². The summed E-state index contributed by atoms with van der Waals surface area (Å²) in [7, 11) is 9.55. The van der Waals surface area contributed by atoms with Gasteiger partial charge in [0, 0.05) is 42.3 Å². The third-order valence-electron chi connectivity index (χ3n) is 5.94. The molecule has 252 valence electrons. The minimum atomic E-state index is -1.79. The van der Waals surface area contributed by atoms with E-state index in [4.69, 9.17) is 30.6 Å². The van der Waals surface area contributed by atoms with Gasteiger partial charge in [0.2, 0.25) is 0 Å². The number of carbonyl (C=O) groups is 4. The van der Waals surface area contributed by atoms with Crippen LogP contribution in [0.1, 0.15) is 12.8 Å². The highest BCUT2D eigenvalue weighted by Crippen LogP contribution is 2.02. The van der Waals surface area contributed by atoms with Gasteiger partial charge in [0.1, 0.15) is 0 Å². The molecule has 4 rings (SSSR count). The minimum absolute atomic E-state index is 0.317. The van der Waals surface area contributed by atoms with Crippen LogP contribution >= 0.6 is 0 Å². The van der Waals surface area contributed by atoms with Crippen LogP contribution in [0.25, 0.3) is 22.3 Å². The fourth-order valence-electron chi connectivity index (χ4n) is 3.45. The van der Waals surface area contributed by atoms with E-state index in [1.54, 1.807) is 37.3 Å². The maximum absolute atomic E-state index is 11.7. The second-order valence-corrected chi connectivity index (χ2v) is 9.37. The highest BCUT2D eigenvalue weighted by Gasteiger charge is 2.17. The van der Waals surface area contributed by atoms with E-state index in [0.717, 1.165) is 9.13 Å². The topological polar surface area (TPSA) is 313 Å². The summed E-state index contributed by atoms with van der Waals surface area (Å²) in [6, 6.07) is 0. The molecule has 0 radical (unpaired) electrons. The van der Waals surface area contributed by atoms with Gasteiger partial charge in [-0.2, -0.15) is 0 Å². The molecule has 0 aliphatic heterocycles. The smallest absolute Gasteiger partial charge is 0.333 e. The van der Waals surface area contributed by atoms with Crippen molar-refractivity contribution in [3.8, 4) is 0 Å². The molecule has 0 amide bonds. The van der Waals surface area contributed by atoms with Crippen molar-refractivity contribution in [1.82, 2.24) is 37.4 Å². The monoisotopic (exact) mass is 656 g/mol. The molecule has 4 heterocycles. The van der Waals surface area contributed by atoms with Crippen molar-refractivity contribution in [3.05, 3.63) is 54.3 Å². The fraction of sp³-hybridized carbons (Fsp3) is 0.417. The van der Waals surface area contributed by atoms with E-state index in [2.05, 4.69) is 9.97 Å². The predicted octanol–water partition coefficient (Wildman–Crippen LogP) is -4.25. The number of nitrogens with zero attached hydrogens (tertiary/aromatic N) is 8. The number of hydrogen-bond acceptors (Lipinski definition) is 12. The second-order valence-electron chi connectivity index (χ2n) is 9.37. The van der Waals surface area contributed by atoms with Crippen molar-refractivity contribution in [2.45, 2.75) is 25.0 Å². The van der Waals surface area contributed by atoms with Gasteiger partial charge in [-0.3, -0.25) is 37.4 Å². The molecule has 0 bridgehead atoms. The number of fused-ring (bicyclic) bond motifs is 2. The number of rotatable bonds is 6. The number of aromatic nitrogens is 8. The summed E-state index contributed by atoms with van der Waals surface area (Å²) in [6.07, 6.45) is -2.05. The number of imidazole rings is 2. The molecule has 2 atom stereocenters. The zero-order chi connectivity index (χ0) is 35.8. The number of carboxylic acid groups (broad SMARTS) is 4. The molecule has 0 unspecified atom stereocenters. The molecular weight excluding hydrogens is 624 g/mol. The van der Waals surface area contributed by atoms with Crippen molar-refractivity contribution < 1.29 is 49.8 Å². The summed E-state index contributed by atoms with van der Waals surface area (Å²) < 4.78 is 8.08. The molecule has 6 N–H and O–H groups in total. The molecule has 46 heavy (non-hydrogen) atoms. The molecular formula is C24H32N8O14. The Labute approximate surface area is 255 Å². The molecule has 0 spiro atoms. The quantitative estimate of drug-likeness (QED) is 0.114. The van der Waals surface area contributed by atoms with E-state index in [1.807, 2.05) is 0 Å². The van der Waals surface area contributed by atoms with Gasteiger partial charge in [0.15, 0.2) is 34.5 Å². The van der Waals surface area contributed by atoms with Crippen LogP contribution in [0.4, 0.5) is 0 Å². The lowest BCUT2D eigenvalue weighted by Crippen LogP contribution is -2.37. The predicted molar refractivity (Wildman–Crippen MR) is 154 cm³/mol. The van der Waals surface area contributed by atoms with E-state index in [-0.39, 0.29) is 22.5 Å². The fourth-order valence-corrected chi connectivity index (χ4v) is 3.45. The van der Waals surface area contributed by atoms with Crippen LogP contribution in [0.5, 0.6) is 0 Å². The molecule has 0 saturated heterocycles. The van der Waals surface area contributed by atoms with Crippen LogP contribution in [0.3, 0.4) is 0 Å². The first kappa shape index (κ1) is 38.1. The highest BCUT2D eigenvalue weighted by atomic mass is 16.4. The number of carboxylic acids is 4. The number of aliphatic hydroxyl groups is 2. The number of aliphatic hydroxyl groups excluding tert-OH is 2. The number of hydrogen-bond donors (Lipinski definition) is 6. The molecule has 0 aromatic carbocycles.